The highest BCUT2D eigenvalue weighted by Crippen LogP contribution is 2.41. The first kappa shape index (κ1) is 14.9. The number of halogens is 1. The molecule has 1 aliphatic carbocycles. The summed E-state index contributed by atoms with van der Waals surface area (Å²) in [7, 11) is 0. The fraction of sp³-hybridized carbons (Fsp3) is 0.263. The Morgan fingerprint density at radius 3 is 2.67 bits per heavy atom. The second-order valence-electron chi connectivity index (χ2n) is 6.10. The van der Waals surface area contributed by atoms with Crippen molar-refractivity contribution in [3.63, 3.8) is 0 Å². The fourth-order valence-electron chi connectivity index (χ4n) is 2.80. The normalized spacial score (nSPS) is 13.9. The molecule has 4 nitrogen and oxygen atoms in total. The number of aryl methyl sites for hydroxylation is 1. The lowest BCUT2D eigenvalue weighted by molar-refractivity contribution is 0.304. The van der Waals surface area contributed by atoms with Crippen molar-refractivity contribution in [3.05, 3.63) is 71.6 Å². The van der Waals surface area contributed by atoms with E-state index >= 15 is 0 Å². The molecule has 0 bridgehead atoms. The van der Waals surface area contributed by atoms with E-state index in [0.29, 0.717) is 24.0 Å². The molecule has 0 radical (unpaired) electrons. The number of hydrogen-bond donors (Lipinski definition) is 0. The van der Waals surface area contributed by atoms with Crippen LogP contribution in [-0.2, 0) is 6.61 Å². The Balaban J connectivity index is 1.70. The highest BCUT2D eigenvalue weighted by molar-refractivity contribution is 5.49. The van der Waals surface area contributed by atoms with Crippen LogP contribution in [0.2, 0.25) is 0 Å². The van der Waals surface area contributed by atoms with Gasteiger partial charge in [0.25, 0.3) is 0 Å². The maximum atomic E-state index is 13.9. The number of nitrogens with zero attached hydrogens (tertiary/aromatic N) is 3. The van der Waals surface area contributed by atoms with Gasteiger partial charge in [0, 0.05) is 12.0 Å². The molecule has 3 aromatic rings. The number of rotatable bonds is 5. The molecular formula is C19H18FN3O. The summed E-state index contributed by atoms with van der Waals surface area (Å²) in [6, 6.07) is 14.5. The standard InChI is InChI=1S/C19H18FN3O/c1-13-21-22-19(15-7-8-15)23(13)17-11-16(20)9-10-18(17)24-12-14-5-3-2-4-6-14/h2-6,9-11,15H,7-8,12H2,1H3. The molecule has 2 aromatic carbocycles. The highest BCUT2D eigenvalue weighted by atomic mass is 19.1. The van der Waals surface area contributed by atoms with Gasteiger partial charge in [-0.25, -0.2) is 4.39 Å². The molecule has 0 atom stereocenters. The van der Waals surface area contributed by atoms with Crippen molar-refractivity contribution >= 4 is 0 Å². The van der Waals surface area contributed by atoms with Gasteiger partial charge in [-0.2, -0.15) is 0 Å². The van der Waals surface area contributed by atoms with E-state index in [2.05, 4.69) is 10.2 Å². The van der Waals surface area contributed by atoms with E-state index in [-0.39, 0.29) is 5.82 Å². The predicted octanol–water partition coefficient (Wildman–Crippen LogP) is 4.17. The quantitative estimate of drug-likeness (QED) is 0.707. The van der Waals surface area contributed by atoms with Crippen LogP contribution in [-0.4, -0.2) is 14.8 Å². The largest absolute Gasteiger partial charge is 0.487 e. The van der Waals surface area contributed by atoms with Crippen molar-refractivity contribution in [3.8, 4) is 11.4 Å². The summed E-state index contributed by atoms with van der Waals surface area (Å²) < 4.78 is 21.8. The minimum absolute atomic E-state index is 0.299. The van der Waals surface area contributed by atoms with Gasteiger partial charge in [0.2, 0.25) is 0 Å². The van der Waals surface area contributed by atoms with Gasteiger partial charge in [0.15, 0.2) is 0 Å². The Kier molecular flexibility index (Phi) is 3.76. The first-order valence-electron chi connectivity index (χ1n) is 8.11. The number of aromatic nitrogens is 3. The van der Waals surface area contributed by atoms with Crippen molar-refractivity contribution in [1.29, 1.82) is 0 Å². The van der Waals surface area contributed by atoms with Crippen molar-refractivity contribution in [2.24, 2.45) is 0 Å². The molecule has 1 heterocycles. The van der Waals surface area contributed by atoms with Crippen LogP contribution >= 0.6 is 0 Å². The van der Waals surface area contributed by atoms with Crippen LogP contribution in [0.3, 0.4) is 0 Å². The van der Waals surface area contributed by atoms with E-state index in [1.165, 1.54) is 12.1 Å². The van der Waals surface area contributed by atoms with Gasteiger partial charge in [-0.1, -0.05) is 30.3 Å². The number of benzene rings is 2. The first-order valence-corrected chi connectivity index (χ1v) is 8.11. The molecule has 5 heteroatoms. The second kappa shape index (κ2) is 6.07. The van der Waals surface area contributed by atoms with E-state index in [1.54, 1.807) is 6.07 Å². The predicted molar refractivity (Wildman–Crippen MR) is 88.8 cm³/mol. The molecule has 0 N–H and O–H groups in total. The lowest BCUT2D eigenvalue weighted by atomic mass is 10.2. The van der Waals surface area contributed by atoms with Gasteiger partial charge in [0.1, 0.15) is 29.8 Å². The Hall–Kier alpha value is -2.69. The zero-order valence-electron chi connectivity index (χ0n) is 13.4. The van der Waals surface area contributed by atoms with Gasteiger partial charge >= 0.3 is 0 Å². The molecule has 0 saturated heterocycles. The van der Waals surface area contributed by atoms with Gasteiger partial charge in [-0.05, 0) is 37.5 Å². The average Bonchev–Trinajstić information content (AvgIpc) is 3.37. The third-order valence-corrected chi connectivity index (χ3v) is 4.19. The summed E-state index contributed by atoms with van der Waals surface area (Å²) >= 11 is 0. The summed E-state index contributed by atoms with van der Waals surface area (Å²) in [5.74, 6) is 2.38. The summed E-state index contributed by atoms with van der Waals surface area (Å²) in [6.07, 6.45) is 2.21. The smallest absolute Gasteiger partial charge is 0.144 e. The summed E-state index contributed by atoms with van der Waals surface area (Å²) in [6.45, 7) is 2.31. The zero-order chi connectivity index (χ0) is 16.5. The maximum absolute atomic E-state index is 13.9. The molecule has 1 aliphatic rings. The molecule has 1 fully saturated rings. The molecule has 1 saturated carbocycles. The summed E-state index contributed by atoms with van der Waals surface area (Å²) in [4.78, 5) is 0. The van der Waals surface area contributed by atoms with Gasteiger partial charge in [0.05, 0.1) is 5.69 Å². The Morgan fingerprint density at radius 1 is 1.12 bits per heavy atom. The molecular weight excluding hydrogens is 305 g/mol. The zero-order valence-corrected chi connectivity index (χ0v) is 13.4. The molecule has 4 rings (SSSR count). The summed E-state index contributed by atoms with van der Waals surface area (Å²) in [5, 5.41) is 8.46. The van der Waals surface area contributed by atoms with Crippen LogP contribution in [0.4, 0.5) is 4.39 Å². The monoisotopic (exact) mass is 323 g/mol. The van der Waals surface area contributed by atoms with E-state index in [4.69, 9.17) is 4.74 Å². The molecule has 0 aliphatic heterocycles. The van der Waals surface area contributed by atoms with Gasteiger partial charge in [-0.3, -0.25) is 4.57 Å². The van der Waals surface area contributed by atoms with Gasteiger partial charge < -0.3 is 4.74 Å². The maximum Gasteiger partial charge on any atom is 0.144 e. The van der Waals surface area contributed by atoms with Crippen molar-refractivity contribution < 1.29 is 9.13 Å². The topological polar surface area (TPSA) is 39.9 Å². The van der Waals surface area contributed by atoms with E-state index in [1.807, 2.05) is 41.8 Å². The third-order valence-electron chi connectivity index (χ3n) is 4.19. The van der Waals surface area contributed by atoms with E-state index in [0.717, 1.165) is 30.1 Å². The highest BCUT2D eigenvalue weighted by Gasteiger charge is 2.31. The number of hydrogen-bond acceptors (Lipinski definition) is 3. The number of ether oxygens (including phenoxy) is 1. The molecule has 24 heavy (non-hydrogen) atoms. The molecule has 0 spiro atoms. The van der Waals surface area contributed by atoms with Crippen molar-refractivity contribution in [1.82, 2.24) is 14.8 Å². The minimum Gasteiger partial charge on any atom is -0.487 e. The van der Waals surface area contributed by atoms with Crippen LogP contribution in [0, 0.1) is 12.7 Å². The van der Waals surface area contributed by atoms with Gasteiger partial charge in [-0.15, -0.1) is 10.2 Å². The third kappa shape index (κ3) is 2.89. The Bertz CT molecular complexity index is 856. The second-order valence-corrected chi connectivity index (χ2v) is 6.10. The molecule has 1 aromatic heterocycles. The molecule has 122 valence electrons. The van der Waals surface area contributed by atoms with Crippen molar-refractivity contribution in [2.75, 3.05) is 0 Å². The van der Waals surface area contributed by atoms with Crippen LogP contribution < -0.4 is 4.74 Å². The SMILES string of the molecule is Cc1nnc(C2CC2)n1-c1cc(F)ccc1OCc1ccccc1. The Morgan fingerprint density at radius 2 is 1.92 bits per heavy atom. The Labute approximate surface area is 139 Å². The molecule has 0 amide bonds. The van der Waals surface area contributed by atoms with Crippen LogP contribution in [0.25, 0.3) is 5.69 Å². The summed E-state index contributed by atoms with van der Waals surface area (Å²) in [5.41, 5.74) is 1.73. The van der Waals surface area contributed by atoms with E-state index < -0.39 is 0 Å². The molecule has 0 unspecified atom stereocenters. The average molecular weight is 323 g/mol. The fourth-order valence-corrected chi connectivity index (χ4v) is 2.80. The van der Waals surface area contributed by atoms with Crippen molar-refractivity contribution in [2.45, 2.75) is 32.3 Å². The van der Waals surface area contributed by atoms with E-state index in [9.17, 15) is 4.39 Å². The lowest BCUT2D eigenvalue weighted by Gasteiger charge is -2.15. The van der Waals surface area contributed by atoms with Crippen LogP contribution in [0.1, 0.15) is 36.0 Å². The lowest BCUT2D eigenvalue weighted by Crippen LogP contribution is -2.06. The van der Waals surface area contributed by atoms with Crippen LogP contribution in [0.15, 0.2) is 48.5 Å². The van der Waals surface area contributed by atoms with Crippen LogP contribution in [0.5, 0.6) is 5.75 Å². The first-order chi connectivity index (χ1) is 11.7. The minimum atomic E-state index is -0.299.